The maximum absolute atomic E-state index is 12.6. The Morgan fingerprint density at radius 3 is 2.43 bits per heavy atom. The molecule has 1 aromatic rings. The van der Waals surface area contributed by atoms with Crippen molar-refractivity contribution in [1.29, 1.82) is 0 Å². The first-order chi connectivity index (χ1) is 9.75. The highest BCUT2D eigenvalue weighted by atomic mass is 32.2. The summed E-state index contributed by atoms with van der Waals surface area (Å²) < 4.78 is 33.9. The Balaban J connectivity index is 2.38. The molecule has 21 heavy (non-hydrogen) atoms. The van der Waals surface area contributed by atoms with E-state index < -0.39 is 21.3 Å². The van der Waals surface area contributed by atoms with Crippen LogP contribution < -0.4 is 4.72 Å². The molecule has 2 rings (SSSR count). The minimum Gasteiger partial charge on any atom is -0.379 e. The van der Waals surface area contributed by atoms with E-state index in [2.05, 4.69) is 9.82 Å². The van der Waals surface area contributed by atoms with E-state index >= 15 is 0 Å². The molecule has 1 aliphatic heterocycles. The Kier molecular flexibility index (Phi) is 4.12. The highest BCUT2D eigenvalue weighted by Gasteiger charge is 2.43. The summed E-state index contributed by atoms with van der Waals surface area (Å²) in [6, 6.07) is 0. The van der Waals surface area contributed by atoms with Gasteiger partial charge in [0.05, 0.1) is 30.0 Å². The van der Waals surface area contributed by atoms with Gasteiger partial charge in [-0.3, -0.25) is 9.48 Å². The lowest BCUT2D eigenvalue weighted by Gasteiger charge is -2.35. The standard InChI is InChI=1S/C13H21N3O4S/c1-5-9-11(10(6-2)16(4)14-9)21(18,19)15-12(17)13(3)7-20-8-13/h5-8H2,1-4H3,(H,15,17). The van der Waals surface area contributed by atoms with Crippen LogP contribution in [-0.4, -0.2) is 37.3 Å². The first kappa shape index (κ1) is 16.0. The highest BCUT2D eigenvalue weighted by molar-refractivity contribution is 7.90. The zero-order chi connectivity index (χ0) is 15.8. The second kappa shape index (κ2) is 5.42. The van der Waals surface area contributed by atoms with Crippen LogP contribution in [0, 0.1) is 5.41 Å². The molecule has 0 spiro atoms. The van der Waals surface area contributed by atoms with Gasteiger partial charge in [-0.05, 0) is 19.8 Å². The van der Waals surface area contributed by atoms with E-state index in [1.807, 2.05) is 13.8 Å². The van der Waals surface area contributed by atoms with Crippen molar-refractivity contribution >= 4 is 15.9 Å². The van der Waals surface area contributed by atoms with Crippen LogP contribution in [0.15, 0.2) is 4.90 Å². The number of hydrogen-bond donors (Lipinski definition) is 1. The number of carbonyl (C=O) groups excluding carboxylic acids is 1. The Bertz CT molecular complexity index is 659. The molecule has 0 radical (unpaired) electrons. The molecule has 0 saturated carbocycles. The van der Waals surface area contributed by atoms with E-state index in [4.69, 9.17) is 4.74 Å². The number of amides is 1. The third kappa shape index (κ3) is 2.69. The summed E-state index contributed by atoms with van der Waals surface area (Å²) in [5.41, 5.74) is 0.306. The number of aromatic nitrogens is 2. The summed E-state index contributed by atoms with van der Waals surface area (Å²) in [4.78, 5) is 12.3. The molecule has 1 saturated heterocycles. The minimum absolute atomic E-state index is 0.132. The van der Waals surface area contributed by atoms with Gasteiger partial charge >= 0.3 is 0 Å². The molecule has 2 heterocycles. The van der Waals surface area contributed by atoms with Gasteiger partial charge in [-0.2, -0.15) is 5.10 Å². The maximum atomic E-state index is 12.6. The summed E-state index contributed by atoms with van der Waals surface area (Å²) in [5.74, 6) is -0.526. The predicted octanol–water partition coefficient (Wildman–Crippen LogP) is 0.386. The lowest BCUT2D eigenvalue weighted by molar-refractivity contribution is -0.155. The van der Waals surface area contributed by atoms with Gasteiger partial charge in [0, 0.05) is 7.05 Å². The number of rotatable bonds is 5. The molecular weight excluding hydrogens is 294 g/mol. The SMILES string of the molecule is CCc1nn(C)c(CC)c1S(=O)(=O)NC(=O)C1(C)COC1. The number of ether oxygens (including phenoxy) is 1. The number of nitrogens with zero attached hydrogens (tertiary/aromatic N) is 2. The number of nitrogens with one attached hydrogen (secondary N) is 1. The molecule has 1 N–H and O–H groups in total. The van der Waals surface area contributed by atoms with Crippen LogP contribution in [-0.2, 0) is 39.4 Å². The lowest BCUT2D eigenvalue weighted by Crippen LogP contribution is -2.53. The molecule has 8 heteroatoms. The van der Waals surface area contributed by atoms with Crippen molar-refractivity contribution in [3.05, 3.63) is 11.4 Å². The number of carbonyl (C=O) groups is 1. The lowest BCUT2D eigenvalue weighted by atomic mass is 9.88. The largest absolute Gasteiger partial charge is 0.379 e. The average Bonchev–Trinajstić information content (AvgIpc) is 2.72. The molecule has 1 aliphatic rings. The molecular formula is C13H21N3O4S. The normalized spacial score (nSPS) is 17.3. The first-order valence-electron chi connectivity index (χ1n) is 6.95. The van der Waals surface area contributed by atoms with E-state index in [0.29, 0.717) is 24.2 Å². The van der Waals surface area contributed by atoms with E-state index in [-0.39, 0.29) is 18.1 Å². The zero-order valence-corrected chi connectivity index (χ0v) is 13.6. The molecule has 0 unspecified atom stereocenters. The van der Waals surface area contributed by atoms with Gasteiger partial charge in [0.25, 0.3) is 10.0 Å². The number of sulfonamides is 1. The number of aryl methyl sites for hydroxylation is 2. The first-order valence-corrected chi connectivity index (χ1v) is 8.43. The molecule has 0 aromatic carbocycles. The van der Waals surface area contributed by atoms with E-state index in [1.54, 1.807) is 18.7 Å². The van der Waals surface area contributed by atoms with Crippen molar-refractivity contribution in [3.63, 3.8) is 0 Å². The van der Waals surface area contributed by atoms with Crippen LogP contribution in [0.4, 0.5) is 0 Å². The van der Waals surface area contributed by atoms with Crippen molar-refractivity contribution in [2.45, 2.75) is 38.5 Å². The van der Waals surface area contributed by atoms with Gasteiger partial charge in [-0.15, -0.1) is 0 Å². The van der Waals surface area contributed by atoms with Gasteiger partial charge in [-0.25, -0.2) is 13.1 Å². The summed E-state index contributed by atoms with van der Waals surface area (Å²) in [6.07, 6.45) is 1.01. The molecule has 0 atom stereocenters. The van der Waals surface area contributed by atoms with Gasteiger partial charge in [-0.1, -0.05) is 13.8 Å². The van der Waals surface area contributed by atoms with Gasteiger partial charge < -0.3 is 4.74 Å². The molecule has 1 amide bonds. The molecule has 0 aliphatic carbocycles. The quantitative estimate of drug-likeness (QED) is 0.848. The number of hydrogen-bond acceptors (Lipinski definition) is 5. The van der Waals surface area contributed by atoms with Crippen LogP contribution in [0.2, 0.25) is 0 Å². The molecule has 118 valence electrons. The van der Waals surface area contributed by atoms with Crippen LogP contribution in [0.5, 0.6) is 0 Å². The third-order valence-electron chi connectivity index (χ3n) is 3.74. The molecule has 7 nitrogen and oxygen atoms in total. The van der Waals surface area contributed by atoms with E-state index in [0.717, 1.165) is 0 Å². The average molecular weight is 315 g/mol. The topological polar surface area (TPSA) is 90.3 Å². The zero-order valence-electron chi connectivity index (χ0n) is 12.8. The highest BCUT2D eigenvalue weighted by Crippen LogP contribution is 2.28. The molecule has 1 fully saturated rings. The Hall–Kier alpha value is -1.41. The maximum Gasteiger partial charge on any atom is 0.267 e. The monoisotopic (exact) mass is 315 g/mol. The van der Waals surface area contributed by atoms with E-state index in [9.17, 15) is 13.2 Å². The Morgan fingerprint density at radius 1 is 1.38 bits per heavy atom. The van der Waals surface area contributed by atoms with Crippen molar-refractivity contribution in [1.82, 2.24) is 14.5 Å². The second-order valence-electron chi connectivity index (χ2n) is 5.54. The van der Waals surface area contributed by atoms with Crippen molar-refractivity contribution in [3.8, 4) is 0 Å². The molecule has 0 bridgehead atoms. The van der Waals surface area contributed by atoms with Crippen molar-refractivity contribution in [2.24, 2.45) is 12.5 Å². The summed E-state index contributed by atoms with van der Waals surface area (Å²) in [5, 5.41) is 4.23. The van der Waals surface area contributed by atoms with E-state index in [1.165, 1.54) is 0 Å². The van der Waals surface area contributed by atoms with Crippen LogP contribution in [0.3, 0.4) is 0 Å². The van der Waals surface area contributed by atoms with Crippen molar-refractivity contribution in [2.75, 3.05) is 13.2 Å². The van der Waals surface area contributed by atoms with Crippen LogP contribution >= 0.6 is 0 Å². The van der Waals surface area contributed by atoms with Gasteiger partial charge in [0.1, 0.15) is 4.90 Å². The Labute approximate surface area is 124 Å². The predicted molar refractivity (Wildman–Crippen MR) is 76.2 cm³/mol. The molecule has 1 aromatic heterocycles. The summed E-state index contributed by atoms with van der Waals surface area (Å²) >= 11 is 0. The summed E-state index contributed by atoms with van der Waals surface area (Å²) in [6.45, 7) is 5.86. The summed E-state index contributed by atoms with van der Waals surface area (Å²) in [7, 11) is -2.21. The van der Waals surface area contributed by atoms with Gasteiger partial charge in [0.15, 0.2) is 0 Å². The van der Waals surface area contributed by atoms with Gasteiger partial charge in [0.2, 0.25) is 5.91 Å². The van der Waals surface area contributed by atoms with Crippen LogP contribution in [0.25, 0.3) is 0 Å². The fourth-order valence-corrected chi connectivity index (χ4v) is 4.04. The Morgan fingerprint density at radius 2 is 2.00 bits per heavy atom. The third-order valence-corrected chi connectivity index (χ3v) is 5.20. The smallest absolute Gasteiger partial charge is 0.267 e. The fraction of sp³-hybridized carbons (Fsp3) is 0.692. The van der Waals surface area contributed by atoms with Crippen molar-refractivity contribution < 1.29 is 17.9 Å². The second-order valence-corrected chi connectivity index (χ2v) is 7.16. The minimum atomic E-state index is -3.92. The fourth-order valence-electron chi connectivity index (χ4n) is 2.37. The van der Waals surface area contributed by atoms with Crippen LogP contribution in [0.1, 0.15) is 32.2 Å².